The number of carbonyl (C=O) groups is 1. The molecule has 0 aliphatic rings. The number of benzene rings is 1. The second-order valence-electron chi connectivity index (χ2n) is 3.57. The van der Waals surface area contributed by atoms with Crippen LogP contribution in [0.2, 0.25) is 0 Å². The molecule has 0 aliphatic heterocycles. The van der Waals surface area contributed by atoms with Gasteiger partial charge in [0.1, 0.15) is 0 Å². The van der Waals surface area contributed by atoms with Gasteiger partial charge in [-0.3, -0.25) is 4.79 Å². The van der Waals surface area contributed by atoms with Gasteiger partial charge in [-0.15, -0.1) is 0 Å². The van der Waals surface area contributed by atoms with Gasteiger partial charge < -0.3 is 11.5 Å². The third kappa shape index (κ3) is 3.17. The summed E-state index contributed by atoms with van der Waals surface area (Å²) in [5, 5.41) is 0. The Morgan fingerprint density at radius 3 is 2.44 bits per heavy atom. The monoisotopic (exact) mass is 267 g/mol. The molecule has 0 heterocycles. The summed E-state index contributed by atoms with van der Waals surface area (Å²) < 4.78 is 22.8. The lowest BCUT2D eigenvalue weighted by Gasteiger charge is -2.05. The molecule has 1 amide bonds. The summed E-state index contributed by atoms with van der Waals surface area (Å²) in [5.41, 5.74) is 10.8. The van der Waals surface area contributed by atoms with E-state index in [-0.39, 0.29) is 16.4 Å². The first-order valence-corrected chi connectivity index (χ1v) is 6.75. The van der Waals surface area contributed by atoms with Gasteiger partial charge >= 0.3 is 0 Å². The zero-order valence-electron chi connectivity index (χ0n) is 9.75. The summed E-state index contributed by atoms with van der Waals surface area (Å²) in [7, 11) is -3.41. The fourth-order valence-corrected chi connectivity index (χ4v) is 1.95. The van der Waals surface area contributed by atoms with Crippen molar-refractivity contribution in [3.8, 4) is 0 Å². The standard InChI is InChI=1S/C11H13N3O3S/c1-3-7-4-5-8(18(2,16)17)6-9(7)10(15)14-11(12)13/h3-6H,1H2,2H3,(H4,12,13,14,15). The molecular weight excluding hydrogens is 254 g/mol. The van der Waals surface area contributed by atoms with Gasteiger partial charge in [0.15, 0.2) is 15.8 Å². The van der Waals surface area contributed by atoms with Gasteiger partial charge in [0, 0.05) is 6.26 Å². The van der Waals surface area contributed by atoms with Crippen molar-refractivity contribution in [2.75, 3.05) is 6.26 Å². The van der Waals surface area contributed by atoms with Crippen molar-refractivity contribution in [3.63, 3.8) is 0 Å². The second kappa shape index (κ2) is 5.01. The summed E-state index contributed by atoms with van der Waals surface area (Å²) in [6.07, 6.45) is 2.46. The van der Waals surface area contributed by atoms with E-state index in [1.165, 1.54) is 24.3 Å². The average molecular weight is 267 g/mol. The van der Waals surface area contributed by atoms with Crippen molar-refractivity contribution < 1.29 is 13.2 Å². The van der Waals surface area contributed by atoms with Gasteiger partial charge in [-0.25, -0.2) is 8.42 Å². The topological polar surface area (TPSA) is 116 Å². The normalized spacial score (nSPS) is 10.7. The Morgan fingerprint density at radius 1 is 1.39 bits per heavy atom. The number of guanidine groups is 1. The highest BCUT2D eigenvalue weighted by Gasteiger charge is 2.14. The Morgan fingerprint density at radius 2 is 2.00 bits per heavy atom. The van der Waals surface area contributed by atoms with E-state index in [0.717, 1.165) is 6.26 Å². The molecule has 0 spiro atoms. The van der Waals surface area contributed by atoms with Gasteiger partial charge in [0.05, 0.1) is 10.5 Å². The van der Waals surface area contributed by atoms with Crippen LogP contribution in [0.25, 0.3) is 6.08 Å². The lowest BCUT2D eigenvalue weighted by Crippen LogP contribution is -2.24. The van der Waals surface area contributed by atoms with Crippen molar-refractivity contribution in [3.05, 3.63) is 35.9 Å². The number of sulfone groups is 1. The summed E-state index contributed by atoms with van der Waals surface area (Å²) in [4.78, 5) is 15.1. The maximum Gasteiger partial charge on any atom is 0.280 e. The van der Waals surface area contributed by atoms with E-state index in [0.29, 0.717) is 5.56 Å². The summed E-state index contributed by atoms with van der Waals surface area (Å²) in [5.74, 6) is -1.10. The highest BCUT2D eigenvalue weighted by molar-refractivity contribution is 7.90. The number of rotatable bonds is 3. The fraction of sp³-hybridized carbons (Fsp3) is 0.0909. The molecule has 6 nitrogen and oxygen atoms in total. The molecule has 0 saturated heterocycles. The van der Waals surface area contributed by atoms with Gasteiger partial charge in [-0.05, 0) is 17.7 Å². The van der Waals surface area contributed by atoms with Crippen LogP contribution in [-0.4, -0.2) is 26.5 Å². The van der Waals surface area contributed by atoms with Crippen LogP contribution in [0, 0.1) is 0 Å². The number of hydrogen-bond donors (Lipinski definition) is 2. The number of aliphatic imine (C=N–C) groups is 1. The van der Waals surface area contributed by atoms with Crippen LogP contribution in [0.3, 0.4) is 0 Å². The number of nitrogens with two attached hydrogens (primary N) is 2. The zero-order valence-corrected chi connectivity index (χ0v) is 10.6. The molecule has 0 saturated carbocycles. The lowest BCUT2D eigenvalue weighted by molar-refractivity contribution is 0.100. The van der Waals surface area contributed by atoms with Crippen molar-refractivity contribution in [1.29, 1.82) is 0 Å². The van der Waals surface area contributed by atoms with E-state index >= 15 is 0 Å². The lowest BCUT2D eigenvalue weighted by atomic mass is 10.1. The molecule has 0 unspecified atom stereocenters. The molecule has 0 radical (unpaired) electrons. The maximum absolute atomic E-state index is 11.7. The Hall–Kier alpha value is -2.15. The molecule has 1 aromatic carbocycles. The van der Waals surface area contributed by atoms with Crippen molar-refractivity contribution in [2.24, 2.45) is 16.5 Å². The molecule has 0 fully saturated rings. The van der Waals surface area contributed by atoms with E-state index in [1.54, 1.807) is 0 Å². The first-order chi connectivity index (χ1) is 8.25. The minimum Gasteiger partial charge on any atom is -0.370 e. The highest BCUT2D eigenvalue weighted by Crippen LogP contribution is 2.18. The molecule has 0 atom stereocenters. The Kier molecular flexibility index (Phi) is 3.87. The largest absolute Gasteiger partial charge is 0.370 e. The van der Waals surface area contributed by atoms with Crippen LogP contribution in [0.15, 0.2) is 34.7 Å². The molecule has 18 heavy (non-hydrogen) atoms. The fourth-order valence-electron chi connectivity index (χ4n) is 1.31. The van der Waals surface area contributed by atoms with Gasteiger partial charge in [0.2, 0.25) is 0 Å². The summed E-state index contributed by atoms with van der Waals surface area (Å²) >= 11 is 0. The average Bonchev–Trinajstić information content (AvgIpc) is 2.26. The van der Waals surface area contributed by atoms with E-state index in [9.17, 15) is 13.2 Å². The van der Waals surface area contributed by atoms with E-state index in [1.807, 2.05) is 0 Å². The zero-order chi connectivity index (χ0) is 13.9. The van der Waals surface area contributed by atoms with Crippen LogP contribution >= 0.6 is 0 Å². The molecule has 4 N–H and O–H groups in total. The van der Waals surface area contributed by atoms with Crippen molar-refractivity contribution >= 4 is 27.8 Å². The van der Waals surface area contributed by atoms with Crippen LogP contribution in [0.4, 0.5) is 0 Å². The highest BCUT2D eigenvalue weighted by atomic mass is 32.2. The SMILES string of the molecule is C=Cc1ccc(S(C)(=O)=O)cc1C(=O)N=C(N)N. The number of nitrogens with zero attached hydrogens (tertiary/aromatic N) is 1. The van der Waals surface area contributed by atoms with Crippen LogP contribution in [0.5, 0.6) is 0 Å². The molecule has 1 rings (SSSR count). The minimum atomic E-state index is -3.41. The van der Waals surface area contributed by atoms with Gasteiger partial charge in [0.25, 0.3) is 5.91 Å². The third-order valence-corrected chi connectivity index (χ3v) is 3.24. The predicted molar refractivity (Wildman–Crippen MR) is 69.8 cm³/mol. The maximum atomic E-state index is 11.7. The number of hydrogen-bond acceptors (Lipinski definition) is 3. The summed E-state index contributed by atoms with van der Waals surface area (Å²) in [6.45, 7) is 3.53. The van der Waals surface area contributed by atoms with E-state index in [4.69, 9.17) is 11.5 Å². The van der Waals surface area contributed by atoms with Crippen LogP contribution in [0.1, 0.15) is 15.9 Å². The molecule has 0 aromatic heterocycles. The van der Waals surface area contributed by atoms with E-state index < -0.39 is 15.7 Å². The third-order valence-electron chi connectivity index (χ3n) is 2.13. The van der Waals surface area contributed by atoms with Gasteiger partial charge in [-0.2, -0.15) is 4.99 Å². The molecule has 0 bridgehead atoms. The Bertz CT molecular complexity index is 629. The Labute approximate surface area is 105 Å². The van der Waals surface area contributed by atoms with Gasteiger partial charge in [-0.1, -0.05) is 18.7 Å². The van der Waals surface area contributed by atoms with Crippen LogP contribution in [-0.2, 0) is 9.84 Å². The summed E-state index contributed by atoms with van der Waals surface area (Å²) in [6, 6.07) is 4.08. The smallest absolute Gasteiger partial charge is 0.280 e. The number of amides is 1. The first kappa shape index (κ1) is 13.9. The first-order valence-electron chi connectivity index (χ1n) is 4.86. The minimum absolute atomic E-state index is 0.0160. The second-order valence-corrected chi connectivity index (χ2v) is 5.58. The van der Waals surface area contributed by atoms with Crippen molar-refractivity contribution in [1.82, 2.24) is 0 Å². The molecule has 7 heteroatoms. The predicted octanol–water partition coefficient (Wildman–Crippen LogP) is 0.147. The molecular formula is C11H13N3O3S. The van der Waals surface area contributed by atoms with Crippen LogP contribution < -0.4 is 11.5 Å². The molecule has 0 aliphatic carbocycles. The number of carbonyl (C=O) groups excluding carboxylic acids is 1. The van der Waals surface area contributed by atoms with Crippen molar-refractivity contribution in [2.45, 2.75) is 4.90 Å². The quantitative estimate of drug-likeness (QED) is 0.597. The molecule has 1 aromatic rings. The Balaban J connectivity index is 3.45. The molecule has 96 valence electrons. The van der Waals surface area contributed by atoms with E-state index in [2.05, 4.69) is 11.6 Å².